The first-order chi connectivity index (χ1) is 10.2. The van der Waals surface area contributed by atoms with Crippen LogP contribution < -0.4 is 0 Å². The van der Waals surface area contributed by atoms with Crippen LogP contribution in [0.15, 0.2) is 30.8 Å². The van der Waals surface area contributed by atoms with Crippen LogP contribution in [-0.4, -0.2) is 61.3 Å². The summed E-state index contributed by atoms with van der Waals surface area (Å²) in [5.74, 6) is -0.474. The number of hydrogen-bond acceptors (Lipinski definition) is 4. The molecule has 6 heteroatoms. The van der Waals surface area contributed by atoms with Gasteiger partial charge in [0.05, 0.1) is 33.3 Å². The number of nitrogens with zero attached hydrogens (tertiary/aromatic N) is 1. The number of esters is 1. The van der Waals surface area contributed by atoms with E-state index in [9.17, 15) is 14.5 Å². The molecule has 0 radical (unpaired) electrons. The molecule has 0 aliphatic heterocycles. The number of likely N-dealkylation sites (N-methyl/N-ethyl adjacent to an activating group) is 1. The van der Waals surface area contributed by atoms with Crippen molar-refractivity contribution in [1.82, 2.24) is 0 Å². The maximum atomic E-state index is 12.0. The fourth-order valence-electron chi connectivity index (χ4n) is 1.78. The van der Waals surface area contributed by atoms with Crippen LogP contribution in [-0.2, 0) is 9.53 Å². The molecule has 120 valence electrons. The Morgan fingerprint density at radius 1 is 1.32 bits per heavy atom. The molecule has 0 fully saturated rings. The van der Waals surface area contributed by atoms with Crippen molar-refractivity contribution in [3.63, 3.8) is 0 Å². The van der Waals surface area contributed by atoms with Gasteiger partial charge < -0.3 is 14.1 Å². The molecule has 0 bridgehead atoms. The molecule has 0 aliphatic carbocycles. The Kier molecular flexibility index (Phi) is 6.88. The Balaban J connectivity index is 2.48. The summed E-state index contributed by atoms with van der Waals surface area (Å²) in [5.41, 5.74) is 0.933. The SMILES string of the molecule is C=Cc1ccccc1C(=O)OCCP(O)C(=O)C[N+](C)(C)C. The van der Waals surface area contributed by atoms with Crippen LogP contribution in [0.1, 0.15) is 15.9 Å². The molecule has 1 aromatic rings. The molecule has 1 N–H and O–H groups in total. The van der Waals surface area contributed by atoms with Crippen molar-refractivity contribution in [1.29, 1.82) is 0 Å². The minimum absolute atomic E-state index is 0.0232. The monoisotopic (exact) mass is 324 g/mol. The molecular weight excluding hydrogens is 301 g/mol. The summed E-state index contributed by atoms with van der Waals surface area (Å²) in [7, 11) is 3.88. The zero-order valence-corrected chi connectivity index (χ0v) is 14.2. The van der Waals surface area contributed by atoms with Crippen molar-refractivity contribution in [3.05, 3.63) is 42.0 Å². The highest BCUT2D eigenvalue weighted by Crippen LogP contribution is 2.31. The fourth-order valence-corrected chi connectivity index (χ4v) is 2.88. The van der Waals surface area contributed by atoms with E-state index in [4.69, 9.17) is 4.74 Å². The average molecular weight is 324 g/mol. The number of ether oxygens (including phenoxy) is 1. The Morgan fingerprint density at radius 3 is 2.55 bits per heavy atom. The van der Waals surface area contributed by atoms with Crippen LogP contribution in [0, 0.1) is 0 Å². The fraction of sp³-hybridized carbons (Fsp3) is 0.375. The summed E-state index contributed by atoms with van der Waals surface area (Å²) in [6.07, 6.45) is 1.75. The van der Waals surface area contributed by atoms with Gasteiger partial charge in [-0.2, -0.15) is 0 Å². The zero-order valence-electron chi connectivity index (χ0n) is 13.3. The minimum atomic E-state index is -1.77. The second kappa shape index (κ2) is 8.18. The van der Waals surface area contributed by atoms with E-state index >= 15 is 0 Å². The van der Waals surface area contributed by atoms with Crippen molar-refractivity contribution in [3.8, 4) is 0 Å². The van der Waals surface area contributed by atoms with Crippen molar-refractivity contribution in [2.45, 2.75) is 0 Å². The van der Waals surface area contributed by atoms with E-state index in [0.717, 1.165) is 0 Å². The third kappa shape index (κ3) is 6.06. The smallest absolute Gasteiger partial charge is 0.338 e. The van der Waals surface area contributed by atoms with E-state index < -0.39 is 14.1 Å². The van der Waals surface area contributed by atoms with E-state index in [1.807, 2.05) is 27.2 Å². The molecule has 0 spiro atoms. The highest BCUT2D eigenvalue weighted by atomic mass is 31.1. The first-order valence-electron chi connectivity index (χ1n) is 6.93. The lowest BCUT2D eigenvalue weighted by atomic mass is 10.1. The van der Waals surface area contributed by atoms with E-state index in [0.29, 0.717) is 15.6 Å². The molecule has 0 saturated carbocycles. The molecule has 0 heterocycles. The Bertz CT molecular complexity index is 551. The zero-order chi connectivity index (χ0) is 16.8. The number of benzene rings is 1. The maximum Gasteiger partial charge on any atom is 0.338 e. The van der Waals surface area contributed by atoms with E-state index in [1.165, 1.54) is 0 Å². The summed E-state index contributed by atoms with van der Waals surface area (Å²) in [6.45, 7) is 3.93. The lowest BCUT2D eigenvalue weighted by Gasteiger charge is -2.23. The van der Waals surface area contributed by atoms with Crippen LogP contribution in [0.2, 0.25) is 0 Å². The van der Waals surface area contributed by atoms with Gasteiger partial charge in [-0.1, -0.05) is 30.9 Å². The van der Waals surface area contributed by atoms with Gasteiger partial charge in [-0.25, -0.2) is 4.79 Å². The van der Waals surface area contributed by atoms with Gasteiger partial charge in [-0.15, -0.1) is 0 Å². The van der Waals surface area contributed by atoms with Crippen molar-refractivity contribution < 1.29 is 23.7 Å². The van der Waals surface area contributed by atoms with Crippen LogP contribution in [0.5, 0.6) is 0 Å². The lowest BCUT2D eigenvalue weighted by Crippen LogP contribution is -2.39. The van der Waals surface area contributed by atoms with Crippen molar-refractivity contribution >= 4 is 25.7 Å². The molecule has 22 heavy (non-hydrogen) atoms. The highest BCUT2D eigenvalue weighted by Gasteiger charge is 2.23. The molecule has 0 amide bonds. The minimum Gasteiger partial charge on any atom is -0.462 e. The van der Waals surface area contributed by atoms with Crippen molar-refractivity contribution in [2.75, 3.05) is 40.5 Å². The second-order valence-corrected chi connectivity index (χ2v) is 7.64. The predicted octanol–water partition coefficient (Wildman–Crippen LogP) is 2.11. The van der Waals surface area contributed by atoms with Gasteiger partial charge in [0.1, 0.15) is 14.7 Å². The summed E-state index contributed by atoms with van der Waals surface area (Å²) in [5, 5.41) is 0. The summed E-state index contributed by atoms with van der Waals surface area (Å²) >= 11 is 0. The van der Waals surface area contributed by atoms with Gasteiger partial charge in [0.15, 0.2) is 0 Å². The third-order valence-corrected chi connectivity index (χ3v) is 4.16. The van der Waals surface area contributed by atoms with Crippen LogP contribution in [0.25, 0.3) is 6.08 Å². The molecule has 0 aliphatic rings. The van der Waals surface area contributed by atoms with E-state index in [-0.39, 0.29) is 24.8 Å². The van der Waals surface area contributed by atoms with Gasteiger partial charge >= 0.3 is 5.97 Å². The largest absolute Gasteiger partial charge is 0.462 e. The Labute approximate surface area is 132 Å². The molecule has 1 rings (SSSR count). The van der Waals surface area contributed by atoms with Gasteiger partial charge in [0, 0.05) is 6.16 Å². The molecule has 0 aromatic heterocycles. The van der Waals surface area contributed by atoms with Gasteiger partial charge in [0.2, 0.25) is 5.52 Å². The van der Waals surface area contributed by atoms with Crippen LogP contribution in [0.3, 0.4) is 0 Å². The average Bonchev–Trinajstić information content (AvgIpc) is 2.45. The number of carbonyl (C=O) groups is 2. The molecule has 0 saturated heterocycles. The van der Waals surface area contributed by atoms with Gasteiger partial charge in [0.25, 0.3) is 0 Å². The number of hydrogen-bond donors (Lipinski definition) is 1. The number of rotatable bonds is 8. The van der Waals surface area contributed by atoms with Gasteiger partial charge in [-0.3, -0.25) is 4.79 Å². The molecule has 1 atom stereocenters. The Hall–Kier alpha value is -1.55. The van der Waals surface area contributed by atoms with Crippen molar-refractivity contribution in [2.24, 2.45) is 0 Å². The third-order valence-electron chi connectivity index (χ3n) is 2.83. The normalized spacial score (nSPS) is 12.5. The quantitative estimate of drug-likeness (QED) is 0.452. The molecular formula is C16H23NO4P+. The van der Waals surface area contributed by atoms with E-state index in [1.54, 1.807) is 24.3 Å². The molecule has 5 nitrogen and oxygen atoms in total. The molecule has 1 aromatic carbocycles. The maximum absolute atomic E-state index is 12.0. The first kappa shape index (κ1) is 18.5. The second-order valence-electron chi connectivity index (χ2n) is 5.89. The van der Waals surface area contributed by atoms with E-state index in [2.05, 4.69) is 6.58 Å². The van der Waals surface area contributed by atoms with Crippen LogP contribution in [0.4, 0.5) is 0 Å². The lowest BCUT2D eigenvalue weighted by molar-refractivity contribution is -0.861. The van der Waals surface area contributed by atoms with Gasteiger partial charge in [-0.05, 0) is 11.6 Å². The summed E-state index contributed by atoms with van der Waals surface area (Å²) in [6, 6.07) is 6.98. The highest BCUT2D eigenvalue weighted by molar-refractivity contribution is 7.69. The molecule has 1 unspecified atom stereocenters. The predicted molar refractivity (Wildman–Crippen MR) is 88.7 cm³/mol. The standard InChI is InChI=1S/C16H23NO4P/c1-5-13-8-6-7-9-14(13)16(19)21-10-11-22(20)15(18)12-17(2,3)4/h5-9,20H,1,10-12H2,2-4H3/q+1. The summed E-state index contributed by atoms with van der Waals surface area (Å²) < 4.78 is 5.60. The number of quaternary nitrogens is 1. The Morgan fingerprint density at radius 2 is 1.95 bits per heavy atom. The first-order valence-corrected chi connectivity index (χ1v) is 8.41. The number of carbonyl (C=O) groups excluding carboxylic acids is 2. The van der Waals surface area contributed by atoms with Crippen LogP contribution >= 0.6 is 8.15 Å². The summed E-state index contributed by atoms with van der Waals surface area (Å²) in [4.78, 5) is 33.6. The topological polar surface area (TPSA) is 63.6 Å².